The second kappa shape index (κ2) is 10.0. The van der Waals surface area contributed by atoms with Gasteiger partial charge in [-0.25, -0.2) is 9.97 Å². The largest absolute Gasteiger partial charge is 0.414 e. The molecule has 5 N–H and O–H groups in total. The molecule has 0 aliphatic carbocycles. The Morgan fingerprint density at radius 2 is 1.65 bits per heavy atom. The summed E-state index contributed by atoms with van der Waals surface area (Å²) in [5, 5.41) is 12.0. The highest BCUT2D eigenvalue weighted by molar-refractivity contribution is 6.84. The van der Waals surface area contributed by atoms with Crippen LogP contribution >= 0.6 is 0 Å². The van der Waals surface area contributed by atoms with Crippen LogP contribution in [0.2, 0.25) is 22.2 Å². The monoisotopic (exact) mass is 551 g/mol. The highest BCUT2D eigenvalue weighted by atomic mass is 28.5. The molecule has 4 atom stereocenters. The Labute approximate surface area is 220 Å². The number of carbonyl (C=O) groups is 1. The SMILES string of the molecule is CC(C)[Si]1(C(C)C)OCC2OC(n3cc(C(N)=O)c4c(N)ncnc43)C(O)C2O[Si](C(C)C)(C(C)C)O1. The second-order valence-corrected chi connectivity index (χ2v) is 20.2. The number of aliphatic hydroxyl groups excluding tert-OH is 1. The Hall–Kier alpha value is -1.88. The van der Waals surface area contributed by atoms with Crippen molar-refractivity contribution in [3.05, 3.63) is 18.1 Å². The Bertz CT molecular complexity index is 1140. The number of anilines is 1. The summed E-state index contributed by atoms with van der Waals surface area (Å²) in [4.78, 5) is 20.5. The van der Waals surface area contributed by atoms with Gasteiger partial charge in [-0.1, -0.05) is 55.4 Å². The molecule has 2 fully saturated rings. The molecule has 4 heterocycles. The minimum atomic E-state index is -2.95. The van der Waals surface area contributed by atoms with E-state index in [1.807, 2.05) is 0 Å². The molecule has 4 unspecified atom stereocenters. The lowest BCUT2D eigenvalue weighted by molar-refractivity contribution is -0.0568. The summed E-state index contributed by atoms with van der Waals surface area (Å²) in [6.07, 6.45) is -0.410. The van der Waals surface area contributed by atoms with E-state index in [9.17, 15) is 9.90 Å². The molecule has 0 spiro atoms. The molecular weight excluding hydrogens is 510 g/mol. The number of rotatable bonds is 6. The first-order chi connectivity index (χ1) is 17.3. The molecule has 1 amide bonds. The smallest absolute Gasteiger partial charge is 0.335 e. The van der Waals surface area contributed by atoms with E-state index in [0.29, 0.717) is 11.0 Å². The van der Waals surface area contributed by atoms with Gasteiger partial charge in [0.2, 0.25) is 0 Å². The summed E-state index contributed by atoms with van der Waals surface area (Å²) < 4.78 is 29.0. The number of nitrogens with zero attached hydrogens (tertiary/aromatic N) is 3. The predicted octanol–water partition coefficient (Wildman–Crippen LogP) is 3.33. The fourth-order valence-corrected chi connectivity index (χ4v) is 17.1. The van der Waals surface area contributed by atoms with Gasteiger partial charge in [-0.15, -0.1) is 0 Å². The van der Waals surface area contributed by atoms with Gasteiger partial charge in [0.25, 0.3) is 5.91 Å². The summed E-state index contributed by atoms with van der Waals surface area (Å²) in [5.74, 6) is -0.549. The van der Waals surface area contributed by atoms with Crippen molar-refractivity contribution in [1.29, 1.82) is 0 Å². The van der Waals surface area contributed by atoms with Crippen molar-refractivity contribution in [2.24, 2.45) is 5.73 Å². The van der Waals surface area contributed by atoms with Crippen molar-refractivity contribution in [1.82, 2.24) is 14.5 Å². The van der Waals surface area contributed by atoms with E-state index in [1.165, 1.54) is 12.5 Å². The lowest BCUT2D eigenvalue weighted by Crippen LogP contribution is -2.65. The number of carbonyl (C=O) groups excluding carboxylic acids is 1. The first-order valence-electron chi connectivity index (χ1n) is 13.0. The van der Waals surface area contributed by atoms with E-state index >= 15 is 0 Å². The zero-order valence-electron chi connectivity index (χ0n) is 23.0. The third-order valence-corrected chi connectivity index (χ3v) is 18.1. The molecule has 2 aromatic heterocycles. The molecule has 0 saturated carbocycles. The highest BCUT2D eigenvalue weighted by Gasteiger charge is 2.61. The zero-order chi connectivity index (χ0) is 27.4. The third kappa shape index (κ3) is 4.43. The molecule has 2 aliphatic rings. The Balaban J connectivity index is 1.82. The predicted molar refractivity (Wildman–Crippen MR) is 144 cm³/mol. The van der Waals surface area contributed by atoms with E-state index in [-0.39, 0.29) is 40.2 Å². The van der Waals surface area contributed by atoms with Crippen molar-refractivity contribution in [2.45, 2.75) is 102 Å². The van der Waals surface area contributed by atoms with Crippen LogP contribution in [0.4, 0.5) is 5.82 Å². The average Bonchev–Trinajstić information content (AvgIpc) is 3.32. The molecular formula is C24H41N5O6Si2. The standard InChI is InChI=1S/C24H41N5O6Si2/c1-12(2)36(13(3)4)32-10-17-20(34-37(35-36,14(5)6)15(7)8)19(30)24(33-17)29-9-16(22(26)31)18-21(25)27-11-28-23(18)29/h9,11-15,17,19-20,24,30H,10H2,1-8H3,(H2,26,31)(H2,25,27,28). The van der Waals surface area contributed by atoms with Gasteiger partial charge in [0.05, 0.1) is 17.6 Å². The van der Waals surface area contributed by atoms with Crippen molar-refractivity contribution >= 4 is 39.9 Å². The molecule has 4 rings (SSSR count). The first kappa shape index (κ1) is 28.1. The van der Waals surface area contributed by atoms with Gasteiger partial charge in [-0.3, -0.25) is 4.79 Å². The zero-order valence-corrected chi connectivity index (χ0v) is 25.0. The minimum absolute atomic E-state index is 0.104. The number of primary amides is 1. The van der Waals surface area contributed by atoms with Gasteiger partial charge in [-0.05, 0) is 22.2 Å². The number of amides is 1. The fraction of sp³-hybridized carbons (Fsp3) is 0.708. The topological polar surface area (TPSA) is 157 Å². The molecule has 2 aliphatic heterocycles. The second-order valence-electron chi connectivity index (χ2n) is 11.4. The number of hydrogen-bond acceptors (Lipinski definition) is 9. The van der Waals surface area contributed by atoms with E-state index in [1.54, 1.807) is 4.57 Å². The van der Waals surface area contributed by atoms with Gasteiger partial charge in [0, 0.05) is 6.20 Å². The minimum Gasteiger partial charge on any atom is -0.414 e. The highest BCUT2D eigenvalue weighted by Crippen LogP contribution is 2.48. The van der Waals surface area contributed by atoms with E-state index in [4.69, 9.17) is 29.2 Å². The van der Waals surface area contributed by atoms with Gasteiger partial charge < -0.3 is 38.8 Å². The summed E-state index contributed by atoms with van der Waals surface area (Å²) in [6.45, 7) is 17.3. The lowest BCUT2D eigenvalue weighted by Gasteiger charge is -2.51. The van der Waals surface area contributed by atoms with Crippen LogP contribution in [-0.2, 0) is 17.7 Å². The number of hydrogen-bond donors (Lipinski definition) is 3. The quantitative estimate of drug-likeness (QED) is 0.458. The Morgan fingerprint density at radius 3 is 2.19 bits per heavy atom. The van der Waals surface area contributed by atoms with Crippen molar-refractivity contribution in [3.8, 4) is 0 Å². The Kier molecular flexibility index (Phi) is 7.62. The number of ether oxygens (including phenoxy) is 1. The number of nitrogens with two attached hydrogens (primary N) is 2. The third-order valence-electron chi connectivity index (χ3n) is 7.82. The Morgan fingerprint density at radius 1 is 1.05 bits per heavy atom. The molecule has 0 aromatic carbocycles. The average molecular weight is 552 g/mol. The summed E-state index contributed by atoms with van der Waals surface area (Å²) in [6, 6.07) is 0. The van der Waals surface area contributed by atoms with Crippen LogP contribution in [0.1, 0.15) is 72.0 Å². The van der Waals surface area contributed by atoms with E-state index in [0.717, 1.165) is 0 Å². The summed E-state index contributed by atoms with van der Waals surface area (Å²) >= 11 is 0. The normalized spacial score (nSPS) is 27.7. The molecule has 2 saturated heterocycles. The molecule has 206 valence electrons. The summed E-state index contributed by atoms with van der Waals surface area (Å²) in [5.41, 5.74) is 12.8. The lowest BCUT2D eigenvalue weighted by atomic mass is 10.1. The van der Waals surface area contributed by atoms with Crippen molar-refractivity contribution in [3.63, 3.8) is 0 Å². The summed E-state index contributed by atoms with van der Waals surface area (Å²) in [7, 11) is -5.70. The molecule has 0 bridgehead atoms. The van der Waals surface area contributed by atoms with Gasteiger partial charge in [-0.2, -0.15) is 0 Å². The van der Waals surface area contributed by atoms with Crippen LogP contribution in [0.3, 0.4) is 0 Å². The number of aliphatic hydroxyl groups is 1. The van der Waals surface area contributed by atoms with Crippen molar-refractivity contribution < 1.29 is 27.6 Å². The maximum Gasteiger partial charge on any atom is 0.335 e. The van der Waals surface area contributed by atoms with Crippen molar-refractivity contribution in [2.75, 3.05) is 12.3 Å². The van der Waals surface area contributed by atoms with Gasteiger partial charge >= 0.3 is 17.1 Å². The molecule has 37 heavy (non-hydrogen) atoms. The number of aromatic nitrogens is 3. The molecule has 13 heteroatoms. The van der Waals surface area contributed by atoms with E-state index in [2.05, 4.69) is 65.4 Å². The fourth-order valence-electron chi connectivity index (χ4n) is 5.86. The first-order valence-corrected chi connectivity index (χ1v) is 17.0. The van der Waals surface area contributed by atoms with E-state index < -0.39 is 47.6 Å². The van der Waals surface area contributed by atoms with Gasteiger partial charge in [0.1, 0.15) is 36.1 Å². The van der Waals surface area contributed by atoms with Crippen LogP contribution in [0.25, 0.3) is 11.0 Å². The van der Waals surface area contributed by atoms with Crippen LogP contribution in [-0.4, -0.2) is 67.6 Å². The van der Waals surface area contributed by atoms with Crippen LogP contribution < -0.4 is 11.5 Å². The van der Waals surface area contributed by atoms with Crippen LogP contribution in [0, 0.1) is 0 Å². The number of nitrogen functional groups attached to an aromatic ring is 1. The maximum absolute atomic E-state index is 12.2. The number of fused-ring (bicyclic) bond motifs is 2. The van der Waals surface area contributed by atoms with Gasteiger partial charge in [0.15, 0.2) is 6.23 Å². The molecule has 2 aromatic rings. The maximum atomic E-state index is 12.2. The van der Waals surface area contributed by atoms with Crippen LogP contribution in [0.5, 0.6) is 0 Å². The molecule has 11 nitrogen and oxygen atoms in total. The molecule has 0 radical (unpaired) electrons. The van der Waals surface area contributed by atoms with Crippen LogP contribution in [0.15, 0.2) is 12.5 Å².